The highest BCUT2D eigenvalue weighted by atomic mass is 32.1. The van der Waals surface area contributed by atoms with E-state index in [1.165, 1.54) is 48.5 Å². The molecule has 0 bridgehead atoms. The second-order valence-electron chi connectivity index (χ2n) is 6.07. The predicted octanol–water partition coefficient (Wildman–Crippen LogP) is 4.57. The first-order valence-corrected chi connectivity index (χ1v) is 9.15. The van der Waals surface area contributed by atoms with E-state index >= 15 is 0 Å². The Balaban J connectivity index is 1.64. The highest BCUT2D eigenvalue weighted by Crippen LogP contribution is 2.31. The van der Waals surface area contributed by atoms with Gasteiger partial charge in [0.2, 0.25) is 0 Å². The van der Waals surface area contributed by atoms with Crippen LogP contribution in [0.5, 0.6) is 0 Å². The minimum absolute atomic E-state index is 0.216. The number of hydrogen-bond donors (Lipinski definition) is 0. The van der Waals surface area contributed by atoms with Gasteiger partial charge in [0.1, 0.15) is 0 Å². The molecule has 4 rings (SSSR count). The van der Waals surface area contributed by atoms with Gasteiger partial charge in [-0.05, 0) is 48.4 Å². The van der Waals surface area contributed by atoms with E-state index in [0.29, 0.717) is 0 Å². The third-order valence-corrected chi connectivity index (χ3v) is 5.49. The molecule has 1 fully saturated rings. The van der Waals surface area contributed by atoms with Crippen LogP contribution in [0, 0.1) is 0 Å². The number of hydrogen-bond acceptors (Lipinski definition) is 3. The molecule has 0 aliphatic carbocycles. The van der Waals surface area contributed by atoms with Crippen LogP contribution >= 0.6 is 11.3 Å². The van der Waals surface area contributed by atoms with Crippen molar-refractivity contribution in [2.75, 3.05) is 18.0 Å². The van der Waals surface area contributed by atoms with Crippen molar-refractivity contribution < 1.29 is 0 Å². The zero-order valence-corrected chi connectivity index (χ0v) is 14.0. The average molecular weight is 323 g/mol. The fraction of sp³-hybridized carbons (Fsp3) is 0.316. The van der Waals surface area contributed by atoms with Crippen LogP contribution < -0.4 is 4.90 Å². The molecule has 118 valence electrons. The number of nitrogens with zero attached hydrogens (tertiary/aromatic N) is 3. The Labute approximate surface area is 141 Å². The fourth-order valence-corrected chi connectivity index (χ4v) is 4.23. The number of thiophene rings is 1. The smallest absolute Gasteiger partial charge is 0.0954 e. The molecule has 1 aliphatic heterocycles. The summed E-state index contributed by atoms with van der Waals surface area (Å²) in [7, 11) is 0. The van der Waals surface area contributed by atoms with Crippen LogP contribution in [0.2, 0.25) is 0 Å². The van der Waals surface area contributed by atoms with Gasteiger partial charge in [-0.15, -0.1) is 11.3 Å². The number of piperidine rings is 1. The van der Waals surface area contributed by atoms with Gasteiger partial charge in [-0.2, -0.15) is 0 Å². The third-order valence-electron chi connectivity index (χ3n) is 4.57. The molecule has 1 saturated heterocycles. The fourth-order valence-electron chi connectivity index (χ4n) is 3.37. The van der Waals surface area contributed by atoms with Gasteiger partial charge in [0.05, 0.1) is 12.4 Å². The maximum Gasteiger partial charge on any atom is 0.0954 e. The maximum absolute atomic E-state index is 4.23. The molecular formula is C19H21N3S. The Morgan fingerprint density at radius 1 is 1.00 bits per heavy atom. The van der Waals surface area contributed by atoms with E-state index in [1.54, 1.807) is 11.3 Å². The summed E-state index contributed by atoms with van der Waals surface area (Å²) in [6, 6.07) is 13.6. The molecule has 0 spiro atoms. The standard InChI is InChI=1S/C19H21N3S/c1-2-11-21(12-3-1)17-8-6-16(7-9-17)19(18-5-4-14-23-18)22-13-10-20-15-22/h4-10,13-15,19H,1-3,11-12H2. The molecule has 1 aliphatic rings. The molecule has 3 heterocycles. The molecule has 0 saturated carbocycles. The van der Waals surface area contributed by atoms with Gasteiger partial charge in [0.15, 0.2) is 0 Å². The number of rotatable bonds is 4. The van der Waals surface area contributed by atoms with Crippen molar-refractivity contribution in [2.24, 2.45) is 0 Å². The van der Waals surface area contributed by atoms with Gasteiger partial charge >= 0.3 is 0 Å². The van der Waals surface area contributed by atoms with Crippen LogP contribution in [0.1, 0.15) is 35.7 Å². The van der Waals surface area contributed by atoms with Crippen molar-refractivity contribution in [2.45, 2.75) is 25.3 Å². The molecule has 2 aromatic heterocycles. The molecule has 1 aromatic carbocycles. The van der Waals surface area contributed by atoms with Crippen LogP contribution in [0.4, 0.5) is 5.69 Å². The Morgan fingerprint density at radius 3 is 2.48 bits per heavy atom. The van der Waals surface area contributed by atoms with Crippen molar-refractivity contribution in [3.63, 3.8) is 0 Å². The molecule has 4 heteroatoms. The van der Waals surface area contributed by atoms with Crippen molar-refractivity contribution in [1.82, 2.24) is 9.55 Å². The van der Waals surface area contributed by atoms with E-state index in [0.717, 1.165) is 0 Å². The summed E-state index contributed by atoms with van der Waals surface area (Å²) in [5.74, 6) is 0. The molecule has 23 heavy (non-hydrogen) atoms. The predicted molar refractivity (Wildman–Crippen MR) is 96.3 cm³/mol. The SMILES string of the molecule is c1csc(C(c2ccc(N3CCCCC3)cc2)n2ccnc2)c1. The van der Waals surface area contributed by atoms with Gasteiger partial charge in [-0.25, -0.2) is 4.98 Å². The number of aromatic nitrogens is 2. The molecule has 0 amide bonds. The first-order chi connectivity index (χ1) is 11.4. The van der Waals surface area contributed by atoms with E-state index in [-0.39, 0.29) is 6.04 Å². The third kappa shape index (κ3) is 3.04. The first-order valence-electron chi connectivity index (χ1n) is 8.27. The lowest BCUT2D eigenvalue weighted by atomic mass is 10.0. The van der Waals surface area contributed by atoms with E-state index in [1.807, 2.05) is 18.7 Å². The normalized spacial score (nSPS) is 16.4. The van der Waals surface area contributed by atoms with Crippen molar-refractivity contribution in [3.8, 4) is 0 Å². The summed E-state index contributed by atoms with van der Waals surface area (Å²) in [5, 5.41) is 2.14. The Kier molecular flexibility index (Phi) is 4.16. The Morgan fingerprint density at radius 2 is 1.83 bits per heavy atom. The number of anilines is 1. The monoisotopic (exact) mass is 323 g/mol. The molecule has 1 unspecified atom stereocenters. The van der Waals surface area contributed by atoms with Gasteiger partial charge in [0.25, 0.3) is 0 Å². The maximum atomic E-state index is 4.23. The molecule has 0 N–H and O–H groups in total. The second-order valence-corrected chi connectivity index (χ2v) is 7.05. The number of imidazole rings is 1. The van der Waals surface area contributed by atoms with Gasteiger partial charge in [0, 0.05) is 36.0 Å². The van der Waals surface area contributed by atoms with Gasteiger partial charge < -0.3 is 9.47 Å². The van der Waals surface area contributed by atoms with Crippen molar-refractivity contribution in [1.29, 1.82) is 0 Å². The zero-order chi connectivity index (χ0) is 15.5. The first kappa shape index (κ1) is 14.5. The van der Waals surface area contributed by atoms with Crippen LogP contribution in [-0.2, 0) is 0 Å². The van der Waals surface area contributed by atoms with Crippen molar-refractivity contribution in [3.05, 3.63) is 70.9 Å². The van der Waals surface area contributed by atoms with Crippen LogP contribution in [0.15, 0.2) is 60.5 Å². The topological polar surface area (TPSA) is 21.1 Å². The summed E-state index contributed by atoms with van der Waals surface area (Å²) in [4.78, 5) is 8.07. The van der Waals surface area contributed by atoms with E-state index in [9.17, 15) is 0 Å². The van der Waals surface area contributed by atoms with E-state index < -0.39 is 0 Å². The lowest BCUT2D eigenvalue weighted by Gasteiger charge is -2.29. The van der Waals surface area contributed by atoms with E-state index in [4.69, 9.17) is 0 Å². The lowest BCUT2D eigenvalue weighted by molar-refractivity contribution is 0.577. The minimum Gasteiger partial charge on any atom is -0.372 e. The minimum atomic E-state index is 0.216. The molecule has 3 aromatic rings. The lowest BCUT2D eigenvalue weighted by Crippen LogP contribution is -2.29. The summed E-state index contributed by atoms with van der Waals surface area (Å²) in [5.41, 5.74) is 2.66. The average Bonchev–Trinajstić information content (AvgIpc) is 3.31. The zero-order valence-electron chi connectivity index (χ0n) is 13.1. The summed E-state index contributed by atoms with van der Waals surface area (Å²) in [6.07, 6.45) is 9.80. The summed E-state index contributed by atoms with van der Waals surface area (Å²) < 4.78 is 2.18. The Bertz CT molecular complexity index is 676. The molecule has 0 radical (unpaired) electrons. The second kappa shape index (κ2) is 6.59. The van der Waals surface area contributed by atoms with E-state index in [2.05, 4.69) is 56.2 Å². The largest absolute Gasteiger partial charge is 0.372 e. The molecule has 3 nitrogen and oxygen atoms in total. The van der Waals surface area contributed by atoms with Gasteiger partial charge in [-0.3, -0.25) is 0 Å². The van der Waals surface area contributed by atoms with Gasteiger partial charge in [-0.1, -0.05) is 18.2 Å². The van der Waals surface area contributed by atoms with Crippen LogP contribution in [-0.4, -0.2) is 22.6 Å². The highest BCUT2D eigenvalue weighted by Gasteiger charge is 2.18. The van der Waals surface area contributed by atoms with Crippen molar-refractivity contribution >= 4 is 17.0 Å². The van der Waals surface area contributed by atoms with Crippen LogP contribution in [0.3, 0.4) is 0 Å². The highest BCUT2D eigenvalue weighted by molar-refractivity contribution is 7.10. The Hall–Kier alpha value is -2.07. The number of benzene rings is 1. The summed E-state index contributed by atoms with van der Waals surface area (Å²) >= 11 is 1.80. The summed E-state index contributed by atoms with van der Waals surface area (Å²) in [6.45, 7) is 2.38. The van der Waals surface area contributed by atoms with Crippen LogP contribution in [0.25, 0.3) is 0 Å². The molecular weight excluding hydrogens is 302 g/mol. The molecule has 1 atom stereocenters. The quantitative estimate of drug-likeness (QED) is 0.701.